The van der Waals surface area contributed by atoms with E-state index in [1.54, 1.807) is 19.1 Å². The summed E-state index contributed by atoms with van der Waals surface area (Å²) in [5.41, 5.74) is 2.61. The number of hydrogen-bond donors (Lipinski definition) is 1. The molecule has 2 aromatic carbocycles. The Balaban J connectivity index is 1.53. The summed E-state index contributed by atoms with van der Waals surface area (Å²) in [6.45, 7) is 1.69. The van der Waals surface area contributed by atoms with Gasteiger partial charge >= 0.3 is 5.97 Å². The van der Waals surface area contributed by atoms with Gasteiger partial charge in [-0.3, -0.25) is 4.79 Å². The van der Waals surface area contributed by atoms with E-state index in [2.05, 4.69) is 36.2 Å². The van der Waals surface area contributed by atoms with E-state index in [-0.39, 0.29) is 11.5 Å². The largest absolute Gasteiger partial charge is 0.478 e. The normalized spacial score (nSPS) is 16.3. The van der Waals surface area contributed by atoms with E-state index < -0.39 is 12.0 Å². The van der Waals surface area contributed by atoms with Crippen molar-refractivity contribution in [2.75, 3.05) is 5.01 Å². The van der Waals surface area contributed by atoms with Gasteiger partial charge in [-0.25, -0.2) is 9.78 Å². The zero-order valence-corrected chi connectivity index (χ0v) is 18.0. The van der Waals surface area contributed by atoms with Gasteiger partial charge in [-0.2, -0.15) is 20.3 Å². The van der Waals surface area contributed by atoms with E-state index in [1.807, 2.05) is 29.6 Å². The quantitative estimate of drug-likeness (QED) is 0.506. The number of carbonyl (C=O) groups is 2. The molecule has 0 bridgehead atoms. The highest BCUT2D eigenvalue weighted by Crippen LogP contribution is 2.31. The van der Waals surface area contributed by atoms with Gasteiger partial charge in [-0.05, 0) is 37.3 Å². The maximum atomic E-state index is 12.8. The molecule has 0 saturated carbocycles. The molecule has 150 valence electrons. The lowest BCUT2D eigenvalue weighted by Crippen LogP contribution is -2.29. The van der Waals surface area contributed by atoms with Gasteiger partial charge in [0.2, 0.25) is 5.13 Å². The van der Waals surface area contributed by atoms with Crippen LogP contribution in [0.3, 0.4) is 0 Å². The number of carbonyl (C=O) groups excluding carboxylic acids is 1. The molecule has 0 radical (unpaired) electrons. The van der Waals surface area contributed by atoms with Gasteiger partial charge in [0.25, 0.3) is 5.91 Å². The van der Waals surface area contributed by atoms with Crippen LogP contribution < -0.4 is 5.01 Å². The van der Waals surface area contributed by atoms with Gasteiger partial charge in [0.05, 0.1) is 22.7 Å². The summed E-state index contributed by atoms with van der Waals surface area (Å²) in [7, 11) is 0. The van der Waals surface area contributed by atoms with Crippen LogP contribution >= 0.6 is 27.3 Å². The number of carboxylic acids is 1. The van der Waals surface area contributed by atoms with Crippen molar-refractivity contribution in [1.29, 1.82) is 0 Å². The highest BCUT2D eigenvalue weighted by Gasteiger charge is 2.36. The molecule has 3 aromatic rings. The summed E-state index contributed by atoms with van der Waals surface area (Å²) in [5, 5.41) is 25.0. The Morgan fingerprint density at radius 2 is 2.00 bits per heavy atom. The third kappa shape index (κ3) is 4.05. The molecule has 1 N–H and O–H groups in total. The summed E-state index contributed by atoms with van der Waals surface area (Å²) in [6, 6.07) is 12.9. The predicted molar refractivity (Wildman–Crippen MR) is 118 cm³/mol. The number of anilines is 1. The minimum atomic E-state index is -1.06. The van der Waals surface area contributed by atoms with E-state index in [1.165, 1.54) is 28.5 Å². The van der Waals surface area contributed by atoms with Gasteiger partial charge in [0.1, 0.15) is 0 Å². The molecule has 1 aliphatic heterocycles. The predicted octanol–water partition coefficient (Wildman–Crippen LogP) is 5.15. The third-order valence-electron chi connectivity index (χ3n) is 4.29. The fourth-order valence-corrected chi connectivity index (χ4v) is 3.82. The second-order valence-electron chi connectivity index (χ2n) is 6.39. The smallest absolute Gasteiger partial charge is 0.335 e. The topological polar surface area (TPSA) is 108 Å². The summed E-state index contributed by atoms with van der Waals surface area (Å²) in [5.74, 6) is -1.42. The molecular weight excluding hydrogens is 470 g/mol. The van der Waals surface area contributed by atoms with Crippen molar-refractivity contribution in [2.24, 2.45) is 15.3 Å². The zero-order chi connectivity index (χ0) is 21.3. The summed E-state index contributed by atoms with van der Waals surface area (Å²) in [6.07, 6.45) is 0. The number of azo groups is 1. The van der Waals surface area contributed by atoms with Gasteiger partial charge in [-0.1, -0.05) is 34.1 Å². The number of amides is 1. The Bertz CT molecular complexity index is 1190. The van der Waals surface area contributed by atoms with Crippen LogP contribution in [0, 0.1) is 0 Å². The van der Waals surface area contributed by atoms with E-state index in [0.717, 1.165) is 15.7 Å². The van der Waals surface area contributed by atoms with Crippen molar-refractivity contribution in [2.45, 2.75) is 13.0 Å². The lowest BCUT2D eigenvalue weighted by atomic mass is 10.2. The fraction of sp³-hybridized carbons (Fsp3) is 0.100. The first-order valence-corrected chi connectivity index (χ1v) is 10.4. The number of carboxylic acid groups (broad SMARTS) is 1. The molecule has 30 heavy (non-hydrogen) atoms. The molecule has 1 unspecified atom stereocenters. The lowest BCUT2D eigenvalue weighted by Gasteiger charge is -2.08. The van der Waals surface area contributed by atoms with Crippen LogP contribution in [0.4, 0.5) is 10.8 Å². The Morgan fingerprint density at radius 1 is 1.23 bits per heavy atom. The first-order valence-electron chi connectivity index (χ1n) is 8.77. The van der Waals surface area contributed by atoms with Crippen molar-refractivity contribution < 1.29 is 14.7 Å². The molecule has 2 heterocycles. The maximum absolute atomic E-state index is 12.8. The highest BCUT2D eigenvalue weighted by atomic mass is 79.9. The molecule has 4 rings (SSSR count). The molecule has 10 heteroatoms. The standard InChI is InChI=1S/C20H14BrN5O3S/c1-11-17(24-23-15-4-2-3-13(9-15)19(28)29)18(27)26(25-11)20-22-16(10-30-20)12-5-7-14(21)8-6-12/h2-10,17H,1H3,(H,28,29). The monoisotopic (exact) mass is 483 g/mol. The van der Waals surface area contributed by atoms with E-state index in [0.29, 0.717) is 16.5 Å². The SMILES string of the molecule is CC1=NN(c2nc(-c3ccc(Br)cc3)cs2)C(=O)C1N=Nc1cccc(C(=O)O)c1. The second kappa shape index (κ2) is 8.25. The molecule has 0 fully saturated rings. The molecule has 8 nitrogen and oxygen atoms in total. The van der Waals surface area contributed by atoms with Crippen LogP contribution in [-0.4, -0.2) is 33.7 Å². The Morgan fingerprint density at radius 3 is 2.73 bits per heavy atom. The van der Waals surface area contributed by atoms with Gasteiger partial charge in [-0.15, -0.1) is 11.3 Å². The van der Waals surface area contributed by atoms with Crippen LogP contribution in [0.2, 0.25) is 0 Å². The number of benzene rings is 2. The van der Waals surface area contributed by atoms with Crippen LogP contribution in [-0.2, 0) is 4.79 Å². The third-order valence-corrected chi connectivity index (χ3v) is 5.64. The minimum Gasteiger partial charge on any atom is -0.478 e. The minimum absolute atomic E-state index is 0.0967. The van der Waals surface area contributed by atoms with Crippen LogP contribution in [0.25, 0.3) is 11.3 Å². The Kier molecular flexibility index (Phi) is 5.51. The van der Waals surface area contributed by atoms with E-state index in [4.69, 9.17) is 5.11 Å². The number of hydrazone groups is 1. The van der Waals surface area contributed by atoms with Gasteiger partial charge < -0.3 is 5.11 Å². The summed E-state index contributed by atoms with van der Waals surface area (Å²) >= 11 is 4.71. The van der Waals surface area contributed by atoms with E-state index in [9.17, 15) is 9.59 Å². The molecule has 1 aliphatic rings. The molecule has 1 amide bonds. The summed E-state index contributed by atoms with van der Waals surface area (Å²) < 4.78 is 0.971. The van der Waals surface area contributed by atoms with Crippen LogP contribution in [0.15, 0.2) is 73.7 Å². The molecule has 1 aromatic heterocycles. The number of aromatic carboxylic acids is 1. The molecule has 1 atom stereocenters. The number of hydrogen-bond acceptors (Lipinski definition) is 7. The van der Waals surface area contributed by atoms with Gasteiger partial charge in [0.15, 0.2) is 6.04 Å². The zero-order valence-electron chi connectivity index (χ0n) is 15.6. The lowest BCUT2D eigenvalue weighted by molar-refractivity contribution is -0.117. The van der Waals surface area contributed by atoms with Crippen molar-refractivity contribution >= 4 is 55.7 Å². The molecular formula is C20H14BrN5O3S. The van der Waals surface area contributed by atoms with E-state index >= 15 is 0 Å². The number of rotatable bonds is 5. The first kappa shape index (κ1) is 20.0. The number of thiazole rings is 1. The van der Waals surface area contributed by atoms with Crippen molar-refractivity contribution in [3.63, 3.8) is 0 Å². The Hall–Kier alpha value is -3.24. The molecule has 0 aliphatic carbocycles. The molecule has 0 spiro atoms. The van der Waals surface area contributed by atoms with Crippen molar-refractivity contribution in [3.8, 4) is 11.3 Å². The second-order valence-corrected chi connectivity index (χ2v) is 8.14. The maximum Gasteiger partial charge on any atom is 0.335 e. The number of halogens is 1. The van der Waals surface area contributed by atoms with Crippen molar-refractivity contribution in [1.82, 2.24) is 4.98 Å². The Labute approximate surface area is 183 Å². The number of aromatic nitrogens is 1. The first-order chi connectivity index (χ1) is 14.4. The van der Waals surface area contributed by atoms with Crippen LogP contribution in [0.1, 0.15) is 17.3 Å². The summed E-state index contributed by atoms with van der Waals surface area (Å²) in [4.78, 5) is 28.4. The number of nitrogens with zero attached hydrogens (tertiary/aromatic N) is 5. The average molecular weight is 484 g/mol. The van der Waals surface area contributed by atoms with Crippen molar-refractivity contribution in [3.05, 3.63) is 63.9 Å². The average Bonchev–Trinajstić information content (AvgIpc) is 3.32. The van der Waals surface area contributed by atoms with Crippen LogP contribution in [0.5, 0.6) is 0 Å². The fourth-order valence-electron chi connectivity index (χ4n) is 2.77. The van der Waals surface area contributed by atoms with Gasteiger partial charge in [0, 0.05) is 15.4 Å². The highest BCUT2D eigenvalue weighted by molar-refractivity contribution is 9.10. The molecule has 0 saturated heterocycles.